The first-order chi connectivity index (χ1) is 20.1. The van der Waals surface area contributed by atoms with Crippen LogP contribution >= 0.6 is 11.3 Å². The number of carboxylic acid groups (broad SMARTS) is 1. The number of carbonyl (C=O) groups is 1. The summed E-state index contributed by atoms with van der Waals surface area (Å²) in [6, 6.07) is 43.1. The van der Waals surface area contributed by atoms with Gasteiger partial charge in [0.15, 0.2) is 0 Å². The minimum atomic E-state index is -1.32. The Morgan fingerprint density at radius 3 is 1.80 bits per heavy atom. The molecule has 4 nitrogen and oxygen atoms in total. The zero-order valence-corrected chi connectivity index (χ0v) is 22.6. The maximum atomic E-state index is 16.3. The van der Waals surface area contributed by atoms with E-state index in [1.807, 2.05) is 89.6 Å². The summed E-state index contributed by atoms with van der Waals surface area (Å²) in [4.78, 5) is 12.8. The molecule has 0 saturated carbocycles. The van der Waals surface area contributed by atoms with Gasteiger partial charge in [0.1, 0.15) is 17.1 Å². The Kier molecular flexibility index (Phi) is 5.98. The topological polar surface area (TPSA) is 55.1 Å². The molecular weight excluding hydrogens is 531 g/mol. The minimum Gasteiger partial charge on any atom is -0.478 e. The monoisotopic (exact) mass is 554 g/mol. The van der Waals surface area contributed by atoms with Gasteiger partial charge < -0.3 is 5.11 Å². The number of halogens is 1. The summed E-state index contributed by atoms with van der Waals surface area (Å²) >= 11 is 1.51. The van der Waals surface area contributed by atoms with Gasteiger partial charge in [-0.05, 0) is 46.3 Å². The molecule has 0 amide bonds. The van der Waals surface area contributed by atoms with Gasteiger partial charge in [0.05, 0.1) is 21.3 Å². The molecule has 0 aliphatic heterocycles. The number of aromatic nitrogens is 2. The molecule has 0 bridgehead atoms. The summed E-state index contributed by atoms with van der Waals surface area (Å²) in [7, 11) is 0. The van der Waals surface area contributed by atoms with E-state index in [4.69, 9.17) is 5.10 Å². The lowest BCUT2D eigenvalue weighted by molar-refractivity contribution is 0.0692. The van der Waals surface area contributed by atoms with Crippen molar-refractivity contribution in [2.45, 2.75) is 5.54 Å². The molecule has 41 heavy (non-hydrogen) atoms. The molecule has 0 aliphatic rings. The van der Waals surface area contributed by atoms with Crippen LogP contribution in [0, 0.1) is 5.82 Å². The van der Waals surface area contributed by atoms with Crippen molar-refractivity contribution in [3.05, 3.63) is 162 Å². The second-order valence-corrected chi connectivity index (χ2v) is 10.9. The Labute approximate surface area is 239 Å². The maximum absolute atomic E-state index is 16.3. The molecule has 0 radical (unpaired) electrons. The van der Waals surface area contributed by atoms with E-state index in [9.17, 15) is 9.90 Å². The smallest absolute Gasteiger partial charge is 0.338 e. The largest absolute Gasteiger partial charge is 0.478 e. The van der Waals surface area contributed by atoms with Crippen LogP contribution in [0.4, 0.5) is 4.39 Å². The number of nitrogens with zero attached hydrogens (tertiary/aromatic N) is 2. The lowest BCUT2D eigenvalue weighted by Crippen LogP contribution is -2.38. The van der Waals surface area contributed by atoms with Gasteiger partial charge >= 0.3 is 5.97 Å². The highest BCUT2D eigenvalue weighted by molar-refractivity contribution is 7.22. The van der Waals surface area contributed by atoms with Crippen LogP contribution in [0.25, 0.3) is 31.6 Å². The van der Waals surface area contributed by atoms with Crippen molar-refractivity contribution in [3.63, 3.8) is 0 Å². The quantitative estimate of drug-likeness (QED) is 0.210. The molecule has 7 rings (SSSR count). The lowest BCUT2D eigenvalue weighted by atomic mass is 9.77. The molecule has 0 saturated heterocycles. The van der Waals surface area contributed by atoms with Gasteiger partial charge in [0, 0.05) is 4.70 Å². The van der Waals surface area contributed by atoms with Crippen molar-refractivity contribution in [3.8, 4) is 10.6 Å². The summed E-state index contributed by atoms with van der Waals surface area (Å²) < 4.78 is 19.2. The predicted molar refractivity (Wildman–Crippen MR) is 162 cm³/mol. The number of thiophene rings is 1. The Morgan fingerprint density at radius 1 is 0.732 bits per heavy atom. The Morgan fingerprint density at radius 2 is 1.27 bits per heavy atom. The molecule has 0 fully saturated rings. The standard InChI is InChI=1S/C35H23FN2O2S/c36-32-27(34(39)40)20-21-28-31(32)33(30-22-23-12-10-11-19-29(23)41-30)37-38(28)35(24-13-4-1-5-14-24,25-15-6-2-7-16-25)26-17-8-3-9-18-26/h1-22H,(H,39,40). The Hall–Kier alpha value is -5.07. The zero-order chi connectivity index (χ0) is 28.0. The predicted octanol–water partition coefficient (Wildman–Crippen LogP) is 8.60. The number of fused-ring (bicyclic) bond motifs is 2. The van der Waals surface area contributed by atoms with E-state index in [2.05, 4.69) is 36.4 Å². The average Bonchev–Trinajstić information content (AvgIpc) is 3.62. The average molecular weight is 555 g/mol. The highest BCUT2D eigenvalue weighted by Gasteiger charge is 2.41. The summed E-state index contributed by atoms with van der Waals surface area (Å²) in [5, 5.41) is 16.3. The summed E-state index contributed by atoms with van der Waals surface area (Å²) in [6.07, 6.45) is 0. The van der Waals surface area contributed by atoms with Crippen LogP contribution in [0.15, 0.2) is 133 Å². The fraction of sp³-hybridized carbons (Fsp3) is 0.0286. The second-order valence-electron chi connectivity index (χ2n) is 9.84. The van der Waals surface area contributed by atoms with E-state index >= 15 is 4.39 Å². The normalized spacial score (nSPS) is 11.7. The molecule has 2 heterocycles. The van der Waals surface area contributed by atoms with Crippen LogP contribution in [0.1, 0.15) is 27.0 Å². The summed E-state index contributed by atoms with van der Waals surface area (Å²) in [5.74, 6) is -2.11. The van der Waals surface area contributed by atoms with E-state index in [0.717, 1.165) is 31.7 Å². The first kappa shape index (κ1) is 24.9. The highest BCUT2D eigenvalue weighted by atomic mass is 32.1. The maximum Gasteiger partial charge on any atom is 0.338 e. The van der Waals surface area contributed by atoms with Gasteiger partial charge in [-0.1, -0.05) is 109 Å². The third-order valence-corrected chi connectivity index (χ3v) is 8.69. The fourth-order valence-corrected chi connectivity index (χ4v) is 6.82. The van der Waals surface area contributed by atoms with Crippen molar-refractivity contribution in [1.29, 1.82) is 0 Å². The highest BCUT2D eigenvalue weighted by Crippen LogP contribution is 2.46. The SMILES string of the molecule is O=C(O)c1ccc2c(c(-c3cc4ccccc4s3)nn2C(c2ccccc2)(c2ccccc2)c2ccccc2)c1F. The van der Waals surface area contributed by atoms with Crippen molar-refractivity contribution in [1.82, 2.24) is 9.78 Å². The number of hydrogen-bond acceptors (Lipinski definition) is 3. The van der Waals surface area contributed by atoms with Crippen molar-refractivity contribution < 1.29 is 14.3 Å². The third-order valence-electron chi connectivity index (χ3n) is 7.57. The molecule has 1 N–H and O–H groups in total. The van der Waals surface area contributed by atoms with Crippen LogP contribution in [0.3, 0.4) is 0 Å². The number of benzene rings is 5. The van der Waals surface area contributed by atoms with Crippen molar-refractivity contribution >= 4 is 38.3 Å². The number of carboxylic acids is 1. The first-order valence-corrected chi connectivity index (χ1v) is 14.0. The molecule has 0 spiro atoms. The summed E-state index contributed by atoms with van der Waals surface area (Å²) in [5.41, 5.74) is 2.34. The molecule has 0 aliphatic carbocycles. The Bertz CT molecular complexity index is 1900. The van der Waals surface area contributed by atoms with Crippen molar-refractivity contribution in [2.24, 2.45) is 0 Å². The number of aromatic carboxylic acids is 1. The van der Waals surface area contributed by atoms with Crippen molar-refractivity contribution in [2.75, 3.05) is 0 Å². The Balaban J connectivity index is 1.67. The van der Waals surface area contributed by atoms with E-state index in [-0.39, 0.29) is 10.9 Å². The zero-order valence-electron chi connectivity index (χ0n) is 21.7. The van der Waals surface area contributed by atoms with Gasteiger partial charge in [-0.25, -0.2) is 13.9 Å². The molecule has 198 valence electrons. The summed E-state index contributed by atoms with van der Waals surface area (Å²) in [6.45, 7) is 0. The van der Waals surface area contributed by atoms with Crippen LogP contribution < -0.4 is 0 Å². The molecule has 0 unspecified atom stereocenters. The number of hydrogen-bond donors (Lipinski definition) is 1. The van der Waals surface area contributed by atoms with Gasteiger partial charge in [-0.2, -0.15) is 5.10 Å². The van der Waals surface area contributed by atoms with Gasteiger partial charge in [-0.15, -0.1) is 11.3 Å². The molecule has 6 heteroatoms. The van der Waals surface area contributed by atoms with Gasteiger partial charge in [0.2, 0.25) is 0 Å². The van der Waals surface area contributed by atoms with E-state index in [1.165, 1.54) is 17.4 Å². The third kappa shape index (κ3) is 3.87. The van der Waals surface area contributed by atoms with Gasteiger partial charge in [0.25, 0.3) is 0 Å². The molecule has 5 aromatic carbocycles. The molecular formula is C35H23FN2O2S. The van der Waals surface area contributed by atoms with Crippen LogP contribution in [-0.2, 0) is 5.54 Å². The van der Waals surface area contributed by atoms with Gasteiger partial charge in [-0.3, -0.25) is 0 Å². The van der Waals surface area contributed by atoms with Crippen LogP contribution in [0.2, 0.25) is 0 Å². The molecule has 0 atom stereocenters. The second kappa shape index (κ2) is 9.84. The molecule has 7 aromatic rings. The number of rotatable bonds is 6. The van der Waals surface area contributed by atoms with E-state index < -0.39 is 17.3 Å². The van der Waals surface area contributed by atoms with Crippen LogP contribution in [0.5, 0.6) is 0 Å². The lowest BCUT2D eigenvalue weighted by Gasteiger charge is -2.37. The van der Waals surface area contributed by atoms with Crippen LogP contribution in [-0.4, -0.2) is 20.9 Å². The van der Waals surface area contributed by atoms with E-state index in [1.54, 1.807) is 6.07 Å². The fourth-order valence-electron chi connectivity index (χ4n) is 5.77. The van der Waals surface area contributed by atoms with E-state index in [0.29, 0.717) is 11.2 Å². The molecule has 2 aromatic heterocycles. The first-order valence-electron chi connectivity index (χ1n) is 13.2. The minimum absolute atomic E-state index is 0.184.